The SMILES string of the molecule is COc1ccc(NC(=O)[C@H]2CC(C)C[C@H]2C(=O)O)cc1Br. The van der Waals surface area contributed by atoms with E-state index in [9.17, 15) is 14.7 Å². The molecule has 1 aromatic rings. The molecule has 5 nitrogen and oxygen atoms in total. The second-order valence-corrected chi connectivity index (χ2v) is 6.32. The first-order valence-corrected chi connectivity index (χ1v) is 7.59. The van der Waals surface area contributed by atoms with Gasteiger partial charge in [-0.1, -0.05) is 6.92 Å². The van der Waals surface area contributed by atoms with Gasteiger partial charge in [0.2, 0.25) is 5.91 Å². The molecule has 0 aromatic heterocycles. The maximum atomic E-state index is 12.3. The van der Waals surface area contributed by atoms with E-state index in [1.54, 1.807) is 25.3 Å². The van der Waals surface area contributed by atoms with Crippen LogP contribution in [0.3, 0.4) is 0 Å². The van der Waals surface area contributed by atoms with E-state index in [1.807, 2.05) is 6.92 Å². The van der Waals surface area contributed by atoms with Crippen molar-refractivity contribution < 1.29 is 19.4 Å². The Kier molecular flexibility index (Phi) is 4.88. The van der Waals surface area contributed by atoms with Gasteiger partial charge in [-0.25, -0.2) is 0 Å². The number of carbonyl (C=O) groups excluding carboxylic acids is 1. The van der Waals surface area contributed by atoms with Crippen LogP contribution in [0.25, 0.3) is 0 Å². The molecule has 1 saturated carbocycles. The van der Waals surface area contributed by atoms with Gasteiger partial charge in [-0.2, -0.15) is 0 Å². The number of anilines is 1. The second-order valence-electron chi connectivity index (χ2n) is 5.47. The predicted octanol–water partition coefficient (Wildman–Crippen LogP) is 3.14. The maximum absolute atomic E-state index is 12.3. The number of nitrogens with one attached hydrogen (secondary N) is 1. The first-order valence-electron chi connectivity index (χ1n) is 6.79. The molecule has 0 bridgehead atoms. The Balaban J connectivity index is 2.10. The molecule has 0 heterocycles. The Morgan fingerprint density at radius 1 is 1.33 bits per heavy atom. The molecule has 1 unspecified atom stereocenters. The van der Waals surface area contributed by atoms with Crippen LogP contribution in [0.2, 0.25) is 0 Å². The first-order chi connectivity index (χ1) is 9.92. The monoisotopic (exact) mass is 355 g/mol. The fraction of sp³-hybridized carbons (Fsp3) is 0.467. The third kappa shape index (κ3) is 3.56. The number of carboxylic acids is 1. The van der Waals surface area contributed by atoms with Gasteiger partial charge in [0.15, 0.2) is 0 Å². The van der Waals surface area contributed by atoms with Gasteiger partial charge in [0.1, 0.15) is 5.75 Å². The zero-order valence-corrected chi connectivity index (χ0v) is 13.5. The fourth-order valence-corrected chi connectivity index (χ4v) is 3.37. The van der Waals surface area contributed by atoms with E-state index < -0.39 is 17.8 Å². The Morgan fingerprint density at radius 2 is 2.00 bits per heavy atom. The van der Waals surface area contributed by atoms with Crippen LogP contribution < -0.4 is 10.1 Å². The lowest BCUT2D eigenvalue weighted by atomic mass is 9.95. The number of carbonyl (C=O) groups is 2. The second kappa shape index (κ2) is 6.47. The van der Waals surface area contributed by atoms with E-state index in [1.165, 1.54) is 0 Å². The van der Waals surface area contributed by atoms with Gasteiger partial charge in [-0.05, 0) is 52.9 Å². The highest BCUT2D eigenvalue weighted by Gasteiger charge is 2.41. The van der Waals surface area contributed by atoms with Crippen molar-refractivity contribution in [1.29, 1.82) is 0 Å². The van der Waals surface area contributed by atoms with E-state index in [0.29, 0.717) is 24.3 Å². The topological polar surface area (TPSA) is 75.6 Å². The molecule has 1 aromatic carbocycles. The number of amides is 1. The number of rotatable bonds is 4. The Hall–Kier alpha value is -1.56. The van der Waals surface area contributed by atoms with Crippen LogP contribution >= 0.6 is 15.9 Å². The van der Waals surface area contributed by atoms with Crippen molar-refractivity contribution in [3.8, 4) is 5.75 Å². The summed E-state index contributed by atoms with van der Waals surface area (Å²) in [4.78, 5) is 23.6. The lowest BCUT2D eigenvalue weighted by molar-refractivity contribution is -0.145. The van der Waals surface area contributed by atoms with Gasteiger partial charge in [0, 0.05) is 5.69 Å². The summed E-state index contributed by atoms with van der Waals surface area (Å²) >= 11 is 3.35. The molecule has 21 heavy (non-hydrogen) atoms. The molecular formula is C15H18BrNO4. The van der Waals surface area contributed by atoms with Crippen molar-refractivity contribution in [2.45, 2.75) is 19.8 Å². The van der Waals surface area contributed by atoms with Crippen LogP contribution in [-0.2, 0) is 9.59 Å². The molecule has 0 aliphatic heterocycles. The van der Waals surface area contributed by atoms with Crippen LogP contribution in [0.15, 0.2) is 22.7 Å². The van der Waals surface area contributed by atoms with Gasteiger partial charge in [-0.3, -0.25) is 9.59 Å². The summed E-state index contributed by atoms with van der Waals surface area (Å²) in [5.41, 5.74) is 0.622. The standard InChI is InChI=1S/C15H18BrNO4/c1-8-5-10(11(6-8)15(19)20)14(18)17-9-3-4-13(21-2)12(16)7-9/h3-4,7-8,10-11H,5-6H2,1-2H3,(H,17,18)(H,19,20)/t8?,10-,11+/m0/s1. The number of hydrogen-bond donors (Lipinski definition) is 2. The largest absolute Gasteiger partial charge is 0.496 e. The molecule has 6 heteroatoms. The van der Waals surface area contributed by atoms with Crippen molar-refractivity contribution in [2.75, 3.05) is 12.4 Å². The molecular weight excluding hydrogens is 338 g/mol. The average molecular weight is 356 g/mol. The summed E-state index contributed by atoms with van der Waals surface area (Å²) in [6, 6.07) is 5.21. The normalized spacial score (nSPS) is 24.6. The minimum atomic E-state index is -0.893. The fourth-order valence-electron chi connectivity index (χ4n) is 2.83. The highest BCUT2D eigenvalue weighted by Crippen LogP contribution is 2.37. The summed E-state index contributed by atoms with van der Waals surface area (Å²) in [6.07, 6.45) is 1.17. The summed E-state index contributed by atoms with van der Waals surface area (Å²) in [7, 11) is 1.57. The Labute approximate surface area is 131 Å². The van der Waals surface area contributed by atoms with Crippen molar-refractivity contribution in [2.24, 2.45) is 17.8 Å². The number of ether oxygens (including phenoxy) is 1. The molecule has 0 spiro atoms. The van der Waals surface area contributed by atoms with Crippen LogP contribution in [0.4, 0.5) is 5.69 Å². The van der Waals surface area contributed by atoms with Crippen molar-refractivity contribution >= 4 is 33.5 Å². The van der Waals surface area contributed by atoms with Gasteiger partial charge >= 0.3 is 5.97 Å². The number of hydrogen-bond acceptors (Lipinski definition) is 3. The zero-order valence-electron chi connectivity index (χ0n) is 11.9. The smallest absolute Gasteiger partial charge is 0.307 e. The molecule has 3 atom stereocenters. The van der Waals surface area contributed by atoms with Gasteiger partial charge in [0.05, 0.1) is 23.4 Å². The molecule has 0 radical (unpaired) electrons. The maximum Gasteiger partial charge on any atom is 0.307 e. The van der Waals surface area contributed by atoms with Crippen LogP contribution in [0.5, 0.6) is 5.75 Å². The molecule has 1 aliphatic carbocycles. The van der Waals surface area contributed by atoms with E-state index >= 15 is 0 Å². The summed E-state index contributed by atoms with van der Waals surface area (Å²) in [5.74, 6) is -1.27. The highest BCUT2D eigenvalue weighted by molar-refractivity contribution is 9.10. The number of benzene rings is 1. The molecule has 2 N–H and O–H groups in total. The minimum Gasteiger partial charge on any atom is -0.496 e. The zero-order chi connectivity index (χ0) is 15.6. The summed E-state index contributed by atoms with van der Waals surface area (Å²) in [6.45, 7) is 1.98. The van der Waals surface area contributed by atoms with E-state index in [2.05, 4.69) is 21.2 Å². The Bertz CT molecular complexity index is 561. The van der Waals surface area contributed by atoms with Gasteiger partial charge < -0.3 is 15.2 Å². The third-order valence-electron chi connectivity index (χ3n) is 3.87. The Morgan fingerprint density at radius 3 is 2.57 bits per heavy atom. The van der Waals surface area contributed by atoms with Crippen LogP contribution in [0, 0.1) is 17.8 Å². The summed E-state index contributed by atoms with van der Waals surface area (Å²) < 4.78 is 5.86. The van der Waals surface area contributed by atoms with E-state index in [-0.39, 0.29) is 11.8 Å². The molecule has 1 fully saturated rings. The molecule has 1 amide bonds. The number of halogens is 1. The van der Waals surface area contributed by atoms with Gasteiger partial charge in [0.25, 0.3) is 0 Å². The van der Waals surface area contributed by atoms with E-state index in [0.717, 1.165) is 4.47 Å². The molecule has 114 valence electrons. The number of aliphatic carboxylic acids is 1. The van der Waals surface area contributed by atoms with Crippen molar-refractivity contribution in [3.05, 3.63) is 22.7 Å². The molecule has 2 rings (SSSR count). The lowest BCUT2D eigenvalue weighted by Gasteiger charge is -2.16. The number of methoxy groups -OCH3 is 1. The van der Waals surface area contributed by atoms with Crippen molar-refractivity contribution in [3.63, 3.8) is 0 Å². The summed E-state index contributed by atoms with van der Waals surface area (Å²) in [5, 5.41) is 12.0. The lowest BCUT2D eigenvalue weighted by Crippen LogP contribution is -2.29. The molecule has 0 saturated heterocycles. The first kappa shape index (κ1) is 15.8. The highest BCUT2D eigenvalue weighted by atomic mass is 79.9. The average Bonchev–Trinajstić information content (AvgIpc) is 2.81. The van der Waals surface area contributed by atoms with E-state index in [4.69, 9.17) is 4.74 Å². The van der Waals surface area contributed by atoms with Crippen LogP contribution in [0.1, 0.15) is 19.8 Å². The van der Waals surface area contributed by atoms with Crippen LogP contribution in [-0.4, -0.2) is 24.1 Å². The minimum absolute atomic E-state index is 0.233. The molecule has 1 aliphatic rings. The predicted molar refractivity (Wildman–Crippen MR) is 82.3 cm³/mol. The quantitative estimate of drug-likeness (QED) is 0.869. The van der Waals surface area contributed by atoms with Gasteiger partial charge in [-0.15, -0.1) is 0 Å². The van der Waals surface area contributed by atoms with Crippen molar-refractivity contribution in [1.82, 2.24) is 0 Å². The third-order valence-corrected chi connectivity index (χ3v) is 4.49. The number of carboxylic acid groups (broad SMARTS) is 1.